The maximum atomic E-state index is 9.31. The van der Waals surface area contributed by atoms with Crippen molar-refractivity contribution in [3.8, 4) is 0 Å². The van der Waals surface area contributed by atoms with Crippen LogP contribution in [-0.2, 0) is 0 Å². The summed E-state index contributed by atoms with van der Waals surface area (Å²) in [4.78, 5) is 2.16. The summed E-state index contributed by atoms with van der Waals surface area (Å²) in [6, 6.07) is 6.72. The second kappa shape index (κ2) is 7.12. The van der Waals surface area contributed by atoms with E-state index in [0.29, 0.717) is 6.04 Å². The fourth-order valence-electron chi connectivity index (χ4n) is 1.77. The second-order valence-corrected chi connectivity index (χ2v) is 5.63. The maximum Gasteiger partial charge on any atom is 0.0528 e. The molecule has 1 aromatic rings. The molecule has 0 fully saturated rings. The Morgan fingerprint density at radius 3 is 2.56 bits per heavy atom. The van der Waals surface area contributed by atoms with Crippen molar-refractivity contribution in [2.24, 2.45) is 0 Å². The van der Waals surface area contributed by atoms with Crippen molar-refractivity contribution in [1.82, 2.24) is 5.32 Å². The first-order valence-corrected chi connectivity index (χ1v) is 7.11. The van der Waals surface area contributed by atoms with Crippen molar-refractivity contribution < 1.29 is 5.11 Å². The minimum Gasteiger partial charge on any atom is -0.393 e. The lowest BCUT2D eigenvalue weighted by molar-refractivity contribution is 0.187. The van der Waals surface area contributed by atoms with Crippen LogP contribution in [0.5, 0.6) is 0 Å². The van der Waals surface area contributed by atoms with E-state index in [2.05, 4.69) is 51.3 Å². The van der Waals surface area contributed by atoms with Crippen molar-refractivity contribution in [2.75, 3.05) is 25.5 Å². The molecule has 18 heavy (non-hydrogen) atoms. The lowest BCUT2D eigenvalue weighted by atomic mass is 10.1. The Balaban J connectivity index is 2.77. The molecular weight excluding hydrogens is 292 g/mol. The highest BCUT2D eigenvalue weighted by atomic mass is 79.9. The highest BCUT2D eigenvalue weighted by Crippen LogP contribution is 2.27. The van der Waals surface area contributed by atoms with Crippen LogP contribution in [0.1, 0.15) is 31.9 Å². The van der Waals surface area contributed by atoms with Crippen LogP contribution in [-0.4, -0.2) is 31.9 Å². The molecular formula is C14H23BrN2O. The molecule has 0 aliphatic heterocycles. The number of nitrogens with zero attached hydrogens (tertiary/aromatic N) is 1. The molecule has 1 rings (SSSR count). The Morgan fingerprint density at radius 1 is 1.39 bits per heavy atom. The molecule has 3 nitrogen and oxygen atoms in total. The van der Waals surface area contributed by atoms with Crippen LogP contribution in [0.3, 0.4) is 0 Å². The first-order chi connectivity index (χ1) is 8.45. The number of aliphatic hydroxyl groups excluding tert-OH is 1. The van der Waals surface area contributed by atoms with Crippen molar-refractivity contribution in [3.05, 3.63) is 28.2 Å². The number of hydrogen-bond donors (Lipinski definition) is 2. The van der Waals surface area contributed by atoms with Crippen molar-refractivity contribution in [3.63, 3.8) is 0 Å². The summed E-state index contributed by atoms with van der Waals surface area (Å²) < 4.78 is 1.12. The van der Waals surface area contributed by atoms with E-state index in [1.54, 1.807) is 0 Å². The molecule has 0 aliphatic carbocycles. The van der Waals surface area contributed by atoms with Crippen LogP contribution in [0.4, 0.5) is 5.69 Å². The van der Waals surface area contributed by atoms with Gasteiger partial charge in [0.25, 0.3) is 0 Å². The number of nitrogens with one attached hydrogen (secondary N) is 1. The van der Waals surface area contributed by atoms with Crippen molar-refractivity contribution in [2.45, 2.75) is 32.4 Å². The fraction of sp³-hybridized carbons (Fsp3) is 0.571. The van der Waals surface area contributed by atoms with Gasteiger partial charge in [-0.25, -0.2) is 0 Å². The standard InChI is InChI=1S/C14H23BrN2O/c1-10(18)7-8-17(4)12-5-6-13(11(2)16-3)14(15)9-12/h5-6,9-11,16,18H,7-8H2,1-4H3. The van der Waals surface area contributed by atoms with E-state index in [1.165, 1.54) is 5.56 Å². The molecule has 2 atom stereocenters. The molecule has 0 amide bonds. The highest BCUT2D eigenvalue weighted by molar-refractivity contribution is 9.10. The number of aliphatic hydroxyl groups is 1. The topological polar surface area (TPSA) is 35.5 Å². The van der Waals surface area contributed by atoms with Gasteiger partial charge in [0.1, 0.15) is 0 Å². The van der Waals surface area contributed by atoms with Crippen LogP contribution in [0, 0.1) is 0 Å². The molecule has 0 heterocycles. The minimum atomic E-state index is -0.250. The van der Waals surface area contributed by atoms with Gasteiger partial charge in [-0.1, -0.05) is 22.0 Å². The summed E-state index contributed by atoms with van der Waals surface area (Å²) in [5.74, 6) is 0. The molecule has 1 aromatic carbocycles. The van der Waals surface area contributed by atoms with E-state index in [0.717, 1.165) is 23.1 Å². The smallest absolute Gasteiger partial charge is 0.0528 e. The monoisotopic (exact) mass is 314 g/mol. The van der Waals surface area contributed by atoms with Gasteiger partial charge in [-0.15, -0.1) is 0 Å². The van der Waals surface area contributed by atoms with Gasteiger partial charge in [0.05, 0.1) is 6.10 Å². The van der Waals surface area contributed by atoms with Crippen molar-refractivity contribution >= 4 is 21.6 Å². The van der Waals surface area contributed by atoms with E-state index in [9.17, 15) is 5.11 Å². The van der Waals surface area contributed by atoms with Crippen LogP contribution < -0.4 is 10.2 Å². The zero-order valence-corrected chi connectivity index (χ0v) is 13.2. The molecule has 0 aliphatic rings. The molecule has 0 spiro atoms. The molecule has 0 bridgehead atoms. The predicted octanol–water partition coefficient (Wildman–Crippen LogP) is 2.94. The third-order valence-electron chi connectivity index (χ3n) is 3.21. The molecule has 2 unspecified atom stereocenters. The SMILES string of the molecule is CNC(C)c1ccc(N(C)CCC(C)O)cc1Br. The van der Waals surface area contributed by atoms with Crippen LogP contribution >= 0.6 is 15.9 Å². The fourth-order valence-corrected chi connectivity index (χ4v) is 2.48. The van der Waals surface area contributed by atoms with Gasteiger partial charge in [-0.05, 0) is 45.0 Å². The van der Waals surface area contributed by atoms with Gasteiger partial charge in [-0.2, -0.15) is 0 Å². The van der Waals surface area contributed by atoms with Gasteiger partial charge in [0.2, 0.25) is 0 Å². The van der Waals surface area contributed by atoms with Crippen LogP contribution in [0.25, 0.3) is 0 Å². The number of hydrogen-bond acceptors (Lipinski definition) is 3. The van der Waals surface area contributed by atoms with Gasteiger partial charge < -0.3 is 15.3 Å². The van der Waals surface area contributed by atoms with E-state index >= 15 is 0 Å². The van der Waals surface area contributed by atoms with E-state index < -0.39 is 0 Å². The number of halogens is 1. The minimum absolute atomic E-state index is 0.250. The number of anilines is 1. The average Bonchev–Trinajstić information content (AvgIpc) is 2.34. The molecule has 0 saturated carbocycles. The Morgan fingerprint density at radius 2 is 2.06 bits per heavy atom. The Kier molecular flexibility index (Phi) is 6.12. The molecule has 2 N–H and O–H groups in total. The molecule has 102 valence electrons. The van der Waals surface area contributed by atoms with Crippen molar-refractivity contribution in [1.29, 1.82) is 0 Å². The van der Waals surface area contributed by atoms with Gasteiger partial charge in [0.15, 0.2) is 0 Å². The Labute approximate surface area is 118 Å². The van der Waals surface area contributed by atoms with Crippen LogP contribution in [0.2, 0.25) is 0 Å². The summed E-state index contributed by atoms with van der Waals surface area (Å²) in [5, 5.41) is 12.5. The number of benzene rings is 1. The second-order valence-electron chi connectivity index (χ2n) is 4.78. The average molecular weight is 315 g/mol. The third-order valence-corrected chi connectivity index (χ3v) is 3.89. The largest absolute Gasteiger partial charge is 0.393 e. The zero-order chi connectivity index (χ0) is 13.7. The summed E-state index contributed by atoms with van der Waals surface area (Å²) in [6.45, 7) is 4.81. The predicted molar refractivity (Wildman–Crippen MR) is 81.2 cm³/mol. The Bertz CT molecular complexity index is 382. The van der Waals surface area contributed by atoms with E-state index in [-0.39, 0.29) is 6.10 Å². The maximum absolute atomic E-state index is 9.31. The lowest BCUT2D eigenvalue weighted by Crippen LogP contribution is -2.22. The molecule has 0 saturated heterocycles. The Hall–Kier alpha value is -0.580. The summed E-state index contributed by atoms with van der Waals surface area (Å²) in [5.41, 5.74) is 2.42. The summed E-state index contributed by atoms with van der Waals surface area (Å²) in [7, 11) is 4.01. The quantitative estimate of drug-likeness (QED) is 0.847. The molecule has 0 radical (unpaired) electrons. The first-order valence-electron chi connectivity index (χ1n) is 6.31. The van der Waals surface area contributed by atoms with Gasteiger partial charge >= 0.3 is 0 Å². The zero-order valence-electron chi connectivity index (χ0n) is 11.6. The lowest BCUT2D eigenvalue weighted by Gasteiger charge is -2.22. The summed E-state index contributed by atoms with van der Waals surface area (Å²) >= 11 is 3.62. The first kappa shape index (κ1) is 15.5. The normalized spacial score (nSPS) is 14.3. The van der Waals surface area contributed by atoms with Gasteiger partial charge in [-0.3, -0.25) is 0 Å². The third kappa shape index (κ3) is 4.26. The number of rotatable bonds is 6. The van der Waals surface area contributed by atoms with Gasteiger partial charge in [0, 0.05) is 29.8 Å². The highest BCUT2D eigenvalue weighted by Gasteiger charge is 2.10. The van der Waals surface area contributed by atoms with E-state index in [4.69, 9.17) is 0 Å². The van der Waals surface area contributed by atoms with E-state index in [1.807, 2.05) is 21.0 Å². The van der Waals surface area contributed by atoms with Crippen LogP contribution in [0.15, 0.2) is 22.7 Å². The summed E-state index contributed by atoms with van der Waals surface area (Å²) in [6.07, 6.45) is 0.530. The molecule has 0 aromatic heterocycles. The molecule has 4 heteroatoms.